The fourth-order valence-electron chi connectivity index (χ4n) is 3.99. The molecule has 0 aliphatic carbocycles. The van der Waals surface area contributed by atoms with Crippen molar-refractivity contribution < 1.29 is 14.3 Å². The zero-order valence-corrected chi connectivity index (χ0v) is 19.4. The summed E-state index contributed by atoms with van der Waals surface area (Å²) in [6.07, 6.45) is 1.79. The highest BCUT2D eigenvalue weighted by molar-refractivity contribution is 5.98. The fourth-order valence-corrected chi connectivity index (χ4v) is 3.99. The first-order valence-electron chi connectivity index (χ1n) is 11.1. The van der Waals surface area contributed by atoms with Crippen molar-refractivity contribution in [1.29, 1.82) is 0 Å². The number of aryl methyl sites for hydroxylation is 2. The van der Waals surface area contributed by atoms with Crippen molar-refractivity contribution in [2.45, 2.75) is 13.8 Å². The van der Waals surface area contributed by atoms with E-state index >= 15 is 0 Å². The maximum Gasteiger partial charge on any atom is 0.265 e. The van der Waals surface area contributed by atoms with Crippen LogP contribution in [0, 0.1) is 13.8 Å². The Bertz CT molecular complexity index is 1110. The van der Waals surface area contributed by atoms with E-state index in [9.17, 15) is 4.79 Å². The number of pyridine rings is 1. The molecule has 1 aliphatic rings. The smallest absolute Gasteiger partial charge is 0.265 e. The number of carbonyl (C=O) groups excluding carboxylic acids is 1. The molecule has 2 heterocycles. The Hall–Kier alpha value is -3.42. The standard InChI is InChI=1S/C26H30N4O3/c1-18-12-19(2)14-22(13-18)29-25-16-21(6-7-28-25)20-4-5-24-23(15-20)30(26(31)17-33-24)10-8-27-9-11-32-3/h4-7,12-16,27H,8-11,17H2,1-3H3,(H,28,29). The second kappa shape index (κ2) is 10.5. The third-order valence-corrected chi connectivity index (χ3v) is 5.48. The van der Waals surface area contributed by atoms with Crippen molar-refractivity contribution in [3.63, 3.8) is 0 Å². The Balaban J connectivity index is 1.55. The van der Waals surface area contributed by atoms with Crippen LogP contribution in [0.3, 0.4) is 0 Å². The van der Waals surface area contributed by atoms with Crippen molar-refractivity contribution in [1.82, 2.24) is 10.3 Å². The van der Waals surface area contributed by atoms with Crippen molar-refractivity contribution in [3.8, 4) is 16.9 Å². The molecule has 0 saturated carbocycles. The number of ether oxygens (including phenoxy) is 2. The molecule has 172 valence electrons. The highest BCUT2D eigenvalue weighted by Gasteiger charge is 2.25. The van der Waals surface area contributed by atoms with E-state index in [1.165, 1.54) is 11.1 Å². The normalized spacial score (nSPS) is 12.9. The molecule has 2 N–H and O–H groups in total. The van der Waals surface area contributed by atoms with Gasteiger partial charge in [-0.3, -0.25) is 4.79 Å². The highest BCUT2D eigenvalue weighted by atomic mass is 16.5. The molecule has 0 radical (unpaired) electrons. The summed E-state index contributed by atoms with van der Waals surface area (Å²) in [7, 11) is 1.67. The summed E-state index contributed by atoms with van der Waals surface area (Å²) in [6.45, 7) is 6.85. The highest BCUT2D eigenvalue weighted by Crippen LogP contribution is 2.36. The number of nitrogens with one attached hydrogen (secondary N) is 2. The van der Waals surface area contributed by atoms with Gasteiger partial charge in [0.2, 0.25) is 0 Å². The van der Waals surface area contributed by atoms with Crippen LogP contribution in [0.4, 0.5) is 17.2 Å². The van der Waals surface area contributed by atoms with E-state index in [1.54, 1.807) is 18.2 Å². The van der Waals surface area contributed by atoms with E-state index in [1.807, 2.05) is 30.3 Å². The van der Waals surface area contributed by atoms with E-state index in [-0.39, 0.29) is 12.5 Å². The summed E-state index contributed by atoms with van der Waals surface area (Å²) in [4.78, 5) is 18.8. The lowest BCUT2D eigenvalue weighted by molar-refractivity contribution is -0.121. The number of benzene rings is 2. The zero-order chi connectivity index (χ0) is 23.2. The van der Waals surface area contributed by atoms with Crippen LogP contribution in [-0.2, 0) is 9.53 Å². The van der Waals surface area contributed by atoms with E-state index < -0.39 is 0 Å². The molecule has 2 aromatic carbocycles. The van der Waals surface area contributed by atoms with Gasteiger partial charge in [-0.15, -0.1) is 0 Å². The van der Waals surface area contributed by atoms with Crippen molar-refractivity contribution in [3.05, 3.63) is 65.9 Å². The molecule has 7 heteroatoms. The molecular weight excluding hydrogens is 416 g/mol. The number of rotatable bonds is 9. The summed E-state index contributed by atoms with van der Waals surface area (Å²) in [5.74, 6) is 1.44. The van der Waals surface area contributed by atoms with Crippen molar-refractivity contribution in [2.24, 2.45) is 0 Å². The lowest BCUT2D eigenvalue weighted by Crippen LogP contribution is -2.42. The second-order valence-electron chi connectivity index (χ2n) is 8.19. The van der Waals surface area contributed by atoms with Gasteiger partial charge in [0.05, 0.1) is 12.3 Å². The maximum atomic E-state index is 12.6. The minimum atomic E-state index is -0.0416. The lowest BCUT2D eigenvalue weighted by atomic mass is 10.0. The number of hydrogen-bond donors (Lipinski definition) is 2. The minimum Gasteiger partial charge on any atom is -0.482 e. The van der Waals surface area contributed by atoms with Gasteiger partial charge >= 0.3 is 0 Å². The minimum absolute atomic E-state index is 0.0416. The number of amides is 1. The van der Waals surface area contributed by atoms with Gasteiger partial charge in [-0.1, -0.05) is 12.1 Å². The first-order chi connectivity index (χ1) is 16.0. The molecular formula is C26H30N4O3. The molecule has 1 amide bonds. The van der Waals surface area contributed by atoms with Crippen LogP contribution in [0.15, 0.2) is 54.7 Å². The molecule has 0 spiro atoms. The summed E-state index contributed by atoms with van der Waals surface area (Å²) >= 11 is 0. The fraction of sp³-hybridized carbons (Fsp3) is 0.308. The number of anilines is 3. The largest absolute Gasteiger partial charge is 0.482 e. The molecule has 0 saturated heterocycles. The number of nitrogens with zero attached hydrogens (tertiary/aromatic N) is 2. The summed E-state index contributed by atoms with van der Waals surface area (Å²) in [6, 6.07) is 16.3. The number of aromatic nitrogens is 1. The van der Waals surface area contributed by atoms with Crippen LogP contribution in [0.25, 0.3) is 11.1 Å². The molecule has 4 rings (SSSR count). The number of carbonyl (C=O) groups is 1. The molecule has 0 bridgehead atoms. The molecule has 3 aromatic rings. The third kappa shape index (κ3) is 5.69. The van der Waals surface area contributed by atoms with Gasteiger partial charge in [0.25, 0.3) is 5.91 Å². The number of methoxy groups -OCH3 is 1. The quantitative estimate of drug-likeness (QED) is 0.483. The van der Waals surface area contributed by atoms with Gasteiger partial charge in [-0.05, 0) is 72.5 Å². The molecule has 1 aliphatic heterocycles. The van der Waals surface area contributed by atoms with Gasteiger partial charge in [0, 0.05) is 38.6 Å². The van der Waals surface area contributed by atoms with Gasteiger partial charge < -0.3 is 25.0 Å². The predicted octanol–water partition coefficient (Wildman–Crippen LogP) is 4.07. The Morgan fingerprint density at radius 1 is 1.03 bits per heavy atom. The molecule has 0 atom stereocenters. The van der Waals surface area contributed by atoms with Crippen molar-refractivity contribution >= 4 is 23.1 Å². The van der Waals surface area contributed by atoms with Crippen LogP contribution in [-0.4, -0.2) is 50.8 Å². The van der Waals surface area contributed by atoms with Crippen molar-refractivity contribution in [2.75, 3.05) is 50.2 Å². The average molecular weight is 447 g/mol. The first kappa shape index (κ1) is 22.8. The summed E-state index contributed by atoms with van der Waals surface area (Å²) in [5, 5.41) is 6.69. The molecule has 0 unspecified atom stereocenters. The van der Waals surface area contributed by atoms with E-state index in [0.717, 1.165) is 40.6 Å². The van der Waals surface area contributed by atoms with Gasteiger partial charge in [-0.2, -0.15) is 0 Å². The molecule has 7 nitrogen and oxygen atoms in total. The predicted molar refractivity (Wildman–Crippen MR) is 131 cm³/mol. The van der Waals surface area contributed by atoms with Crippen LogP contribution >= 0.6 is 0 Å². The van der Waals surface area contributed by atoms with Gasteiger partial charge in [0.15, 0.2) is 6.61 Å². The number of fused-ring (bicyclic) bond motifs is 1. The summed E-state index contributed by atoms with van der Waals surface area (Å²) in [5.41, 5.74) is 6.20. The number of hydrogen-bond acceptors (Lipinski definition) is 6. The van der Waals surface area contributed by atoms with Crippen LogP contribution < -0.4 is 20.3 Å². The zero-order valence-electron chi connectivity index (χ0n) is 19.4. The molecule has 33 heavy (non-hydrogen) atoms. The van der Waals surface area contributed by atoms with Crippen LogP contribution in [0.2, 0.25) is 0 Å². The van der Waals surface area contributed by atoms with E-state index in [2.05, 4.69) is 47.7 Å². The topological polar surface area (TPSA) is 75.7 Å². The molecule has 0 fully saturated rings. The Labute approximate surface area is 194 Å². The van der Waals surface area contributed by atoms with Crippen LogP contribution in [0.5, 0.6) is 5.75 Å². The Morgan fingerprint density at radius 2 is 1.82 bits per heavy atom. The first-order valence-corrected chi connectivity index (χ1v) is 11.1. The van der Waals surface area contributed by atoms with Gasteiger partial charge in [-0.25, -0.2) is 4.98 Å². The second-order valence-corrected chi connectivity index (χ2v) is 8.19. The Kier molecular flexibility index (Phi) is 7.22. The lowest BCUT2D eigenvalue weighted by Gasteiger charge is -2.30. The van der Waals surface area contributed by atoms with Crippen LogP contribution in [0.1, 0.15) is 11.1 Å². The Morgan fingerprint density at radius 3 is 2.61 bits per heavy atom. The third-order valence-electron chi connectivity index (χ3n) is 5.48. The van der Waals surface area contributed by atoms with E-state index in [0.29, 0.717) is 19.7 Å². The average Bonchev–Trinajstić information content (AvgIpc) is 2.79. The SMILES string of the molecule is COCCNCCN1C(=O)COc2ccc(-c3ccnc(Nc4cc(C)cc(C)c4)c3)cc21. The van der Waals surface area contributed by atoms with Gasteiger partial charge in [0.1, 0.15) is 11.6 Å². The monoisotopic (exact) mass is 446 g/mol. The van der Waals surface area contributed by atoms with E-state index in [4.69, 9.17) is 9.47 Å². The molecule has 1 aromatic heterocycles. The maximum absolute atomic E-state index is 12.6. The summed E-state index contributed by atoms with van der Waals surface area (Å²) < 4.78 is 10.7.